The SMILES string of the molecule is CCCC(NC(=O)[C@H](CS(=O)(=O)Cc1ccccc1)NC1CCN(C)CC1)[C@H](O)c1nc2ccccc2o1. The van der Waals surface area contributed by atoms with Gasteiger partial charge >= 0.3 is 0 Å². The van der Waals surface area contributed by atoms with E-state index in [1.807, 2.05) is 32.2 Å². The van der Waals surface area contributed by atoms with Gasteiger partial charge in [-0.2, -0.15) is 0 Å². The normalized spacial score (nSPS) is 17.8. The minimum Gasteiger partial charge on any atom is -0.438 e. The van der Waals surface area contributed by atoms with Crippen molar-refractivity contribution in [2.75, 3.05) is 25.9 Å². The van der Waals surface area contributed by atoms with Crippen LogP contribution < -0.4 is 10.6 Å². The number of hydrogen-bond donors (Lipinski definition) is 3. The predicted octanol–water partition coefficient (Wildman–Crippen LogP) is 2.81. The van der Waals surface area contributed by atoms with Crippen LogP contribution in [0.15, 0.2) is 59.0 Å². The molecule has 0 aliphatic carbocycles. The molecular weight excluding hydrogens is 504 g/mol. The number of carbonyl (C=O) groups excluding carboxylic acids is 1. The Morgan fingerprint density at radius 1 is 1.13 bits per heavy atom. The lowest BCUT2D eigenvalue weighted by atomic mass is 10.0. The number of fused-ring (bicyclic) bond motifs is 1. The molecule has 3 aromatic rings. The summed E-state index contributed by atoms with van der Waals surface area (Å²) >= 11 is 0. The van der Waals surface area contributed by atoms with Crippen LogP contribution in [-0.2, 0) is 20.4 Å². The van der Waals surface area contributed by atoms with Gasteiger partial charge in [-0.15, -0.1) is 0 Å². The summed E-state index contributed by atoms with van der Waals surface area (Å²) in [5.74, 6) is -0.801. The molecule has 10 heteroatoms. The second-order valence-corrected chi connectivity index (χ2v) is 12.3. The van der Waals surface area contributed by atoms with Crippen LogP contribution in [0, 0.1) is 0 Å². The lowest BCUT2D eigenvalue weighted by Crippen LogP contribution is -2.56. The molecule has 1 saturated heterocycles. The van der Waals surface area contributed by atoms with Crippen LogP contribution in [0.2, 0.25) is 0 Å². The zero-order chi connectivity index (χ0) is 27.1. The third-order valence-corrected chi connectivity index (χ3v) is 8.61. The van der Waals surface area contributed by atoms with E-state index < -0.39 is 33.9 Å². The number of nitrogens with zero attached hydrogens (tertiary/aromatic N) is 2. The molecule has 1 fully saturated rings. The fraction of sp³-hybridized carbons (Fsp3) is 0.500. The Labute approximate surface area is 224 Å². The van der Waals surface area contributed by atoms with Crippen LogP contribution in [0.1, 0.15) is 50.2 Å². The highest BCUT2D eigenvalue weighted by atomic mass is 32.2. The van der Waals surface area contributed by atoms with Crippen molar-refractivity contribution < 1.29 is 22.7 Å². The molecule has 1 aromatic heterocycles. The maximum absolute atomic E-state index is 13.6. The topological polar surface area (TPSA) is 125 Å². The first-order valence-corrected chi connectivity index (χ1v) is 15.1. The highest BCUT2D eigenvalue weighted by molar-refractivity contribution is 7.90. The summed E-state index contributed by atoms with van der Waals surface area (Å²) in [6.07, 6.45) is 1.65. The molecule has 38 heavy (non-hydrogen) atoms. The predicted molar refractivity (Wildman–Crippen MR) is 147 cm³/mol. The summed E-state index contributed by atoms with van der Waals surface area (Å²) in [5, 5.41) is 17.4. The van der Waals surface area contributed by atoms with Gasteiger partial charge < -0.3 is 25.1 Å². The number of aromatic nitrogens is 1. The number of aliphatic hydroxyl groups excluding tert-OH is 1. The third kappa shape index (κ3) is 7.63. The molecule has 1 amide bonds. The molecule has 1 aliphatic heterocycles. The van der Waals surface area contributed by atoms with Crippen molar-refractivity contribution in [3.05, 3.63) is 66.1 Å². The van der Waals surface area contributed by atoms with E-state index in [2.05, 4.69) is 20.5 Å². The van der Waals surface area contributed by atoms with E-state index >= 15 is 0 Å². The number of carbonyl (C=O) groups is 1. The fourth-order valence-electron chi connectivity index (χ4n) is 4.89. The smallest absolute Gasteiger partial charge is 0.238 e. The number of hydrogen-bond acceptors (Lipinski definition) is 8. The zero-order valence-electron chi connectivity index (χ0n) is 22.0. The Morgan fingerprint density at radius 2 is 1.82 bits per heavy atom. The van der Waals surface area contributed by atoms with Gasteiger partial charge in [0.15, 0.2) is 21.5 Å². The molecule has 3 atom stereocenters. The number of likely N-dealkylation sites (tertiary alicyclic amines) is 1. The van der Waals surface area contributed by atoms with E-state index in [-0.39, 0.29) is 23.4 Å². The monoisotopic (exact) mass is 542 g/mol. The molecule has 9 nitrogen and oxygen atoms in total. The number of oxazole rings is 1. The Morgan fingerprint density at radius 3 is 2.50 bits per heavy atom. The standard InChI is InChI=1S/C28H38N4O5S/c1-3-9-23(26(33)28-31-22-12-7-8-13-25(22)37-28)30-27(34)24(29-21-14-16-32(2)17-15-21)19-38(35,36)18-20-10-5-4-6-11-20/h4-8,10-13,21,23-24,26,29,33H,3,9,14-19H2,1-2H3,(H,30,34)/t23?,24-,26-/m0/s1. The quantitative estimate of drug-likeness (QED) is 0.319. The molecule has 2 aromatic carbocycles. The maximum atomic E-state index is 13.6. The first kappa shape index (κ1) is 28.2. The summed E-state index contributed by atoms with van der Waals surface area (Å²) in [5.41, 5.74) is 1.86. The summed E-state index contributed by atoms with van der Waals surface area (Å²) in [7, 11) is -1.56. The number of aliphatic hydroxyl groups is 1. The lowest BCUT2D eigenvalue weighted by Gasteiger charge is -2.33. The van der Waals surface area contributed by atoms with Gasteiger partial charge in [0.1, 0.15) is 11.6 Å². The van der Waals surface area contributed by atoms with Crippen molar-refractivity contribution in [3.8, 4) is 0 Å². The summed E-state index contributed by atoms with van der Waals surface area (Å²) in [6.45, 7) is 3.70. The molecule has 3 N–H and O–H groups in total. The average Bonchev–Trinajstić information content (AvgIpc) is 3.33. The number of amides is 1. The molecule has 206 valence electrons. The second kappa shape index (κ2) is 12.8. The van der Waals surface area contributed by atoms with Gasteiger partial charge in [0.25, 0.3) is 0 Å². The Hall–Kier alpha value is -2.79. The summed E-state index contributed by atoms with van der Waals surface area (Å²) in [6, 6.07) is 14.6. The van der Waals surface area contributed by atoms with Crippen molar-refractivity contribution in [1.29, 1.82) is 0 Å². The van der Waals surface area contributed by atoms with E-state index in [4.69, 9.17) is 4.42 Å². The first-order chi connectivity index (χ1) is 18.2. The Kier molecular flexibility index (Phi) is 9.54. The molecule has 0 bridgehead atoms. The molecule has 0 saturated carbocycles. The maximum Gasteiger partial charge on any atom is 0.238 e. The summed E-state index contributed by atoms with van der Waals surface area (Å²) in [4.78, 5) is 20.2. The van der Waals surface area contributed by atoms with Crippen LogP contribution in [-0.4, -0.2) is 73.3 Å². The molecule has 0 radical (unpaired) electrons. The molecule has 1 aliphatic rings. The van der Waals surface area contributed by atoms with Gasteiger partial charge in [0.2, 0.25) is 11.8 Å². The Bertz CT molecular complexity index is 1260. The minimum absolute atomic E-state index is 0.0282. The van der Waals surface area contributed by atoms with E-state index in [0.29, 0.717) is 29.5 Å². The van der Waals surface area contributed by atoms with Crippen molar-refractivity contribution in [1.82, 2.24) is 20.5 Å². The van der Waals surface area contributed by atoms with Crippen molar-refractivity contribution in [3.63, 3.8) is 0 Å². The fourth-order valence-corrected chi connectivity index (χ4v) is 6.47. The highest BCUT2D eigenvalue weighted by Crippen LogP contribution is 2.24. The molecule has 1 unspecified atom stereocenters. The van der Waals surface area contributed by atoms with E-state index in [1.165, 1.54) is 0 Å². The number of piperidine rings is 1. The molecular formula is C28H38N4O5S. The van der Waals surface area contributed by atoms with Gasteiger partial charge in [-0.3, -0.25) is 4.79 Å². The minimum atomic E-state index is -3.61. The number of para-hydroxylation sites is 2. The van der Waals surface area contributed by atoms with Gasteiger partial charge in [-0.25, -0.2) is 13.4 Å². The lowest BCUT2D eigenvalue weighted by molar-refractivity contribution is -0.124. The van der Waals surface area contributed by atoms with E-state index in [0.717, 1.165) is 25.9 Å². The van der Waals surface area contributed by atoms with Gasteiger partial charge in [-0.05, 0) is 57.1 Å². The molecule has 4 rings (SSSR count). The van der Waals surface area contributed by atoms with Crippen LogP contribution in [0.5, 0.6) is 0 Å². The molecule has 2 heterocycles. The van der Waals surface area contributed by atoms with Crippen LogP contribution in [0.3, 0.4) is 0 Å². The Balaban J connectivity index is 1.51. The van der Waals surface area contributed by atoms with E-state index in [9.17, 15) is 18.3 Å². The van der Waals surface area contributed by atoms with Crippen molar-refractivity contribution in [2.45, 2.75) is 62.6 Å². The number of benzene rings is 2. The van der Waals surface area contributed by atoms with Gasteiger partial charge in [0.05, 0.1) is 17.5 Å². The largest absolute Gasteiger partial charge is 0.438 e. The molecule has 0 spiro atoms. The van der Waals surface area contributed by atoms with E-state index in [1.54, 1.807) is 36.4 Å². The second-order valence-electron chi connectivity index (χ2n) is 10.2. The number of rotatable bonds is 12. The first-order valence-electron chi connectivity index (χ1n) is 13.3. The van der Waals surface area contributed by atoms with Crippen molar-refractivity contribution in [2.24, 2.45) is 0 Å². The number of sulfone groups is 1. The van der Waals surface area contributed by atoms with Gasteiger partial charge in [0, 0.05) is 6.04 Å². The van der Waals surface area contributed by atoms with Crippen LogP contribution in [0.4, 0.5) is 0 Å². The van der Waals surface area contributed by atoms with Crippen LogP contribution in [0.25, 0.3) is 11.1 Å². The third-order valence-electron chi connectivity index (χ3n) is 6.99. The highest BCUT2D eigenvalue weighted by Gasteiger charge is 2.33. The van der Waals surface area contributed by atoms with Gasteiger partial charge in [-0.1, -0.05) is 55.8 Å². The van der Waals surface area contributed by atoms with Crippen molar-refractivity contribution >= 4 is 26.8 Å². The average molecular weight is 543 g/mol. The zero-order valence-corrected chi connectivity index (χ0v) is 22.9. The number of nitrogens with one attached hydrogen (secondary N) is 2. The van der Waals surface area contributed by atoms with Crippen LogP contribution >= 0.6 is 0 Å². The summed E-state index contributed by atoms with van der Waals surface area (Å²) < 4.78 is 32.1.